The molecule has 3 aromatic rings. The number of hydrogen-bond acceptors (Lipinski definition) is 13. The molecule has 2 atom stereocenters. The van der Waals surface area contributed by atoms with E-state index in [0.717, 1.165) is 11.3 Å². The summed E-state index contributed by atoms with van der Waals surface area (Å²) in [4.78, 5) is 46.2. The highest BCUT2D eigenvalue weighted by Crippen LogP contribution is 2.26. The average Bonchev–Trinajstić information content (AvgIpc) is 3.51. The van der Waals surface area contributed by atoms with Gasteiger partial charge in [-0.1, -0.05) is 10.4 Å². The van der Waals surface area contributed by atoms with E-state index < -0.39 is 51.5 Å². The molecular weight excluding hydrogens is 570 g/mol. The number of thiazole rings is 1. The third kappa shape index (κ3) is 5.90. The van der Waals surface area contributed by atoms with Crippen LogP contribution in [0.15, 0.2) is 41.3 Å². The lowest BCUT2D eigenvalue weighted by Crippen LogP contribution is -2.73. The third-order valence-electron chi connectivity index (χ3n) is 5.74. The maximum absolute atomic E-state index is 13.2. The van der Waals surface area contributed by atoms with Gasteiger partial charge in [-0.3, -0.25) is 9.59 Å². The molecule has 2 amide bonds. The molecule has 0 bridgehead atoms. The van der Waals surface area contributed by atoms with E-state index in [4.69, 9.17) is 10.6 Å². The molecule has 0 spiro atoms. The first-order chi connectivity index (χ1) is 18.7. The molecule has 0 aromatic carbocycles. The van der Waals surface area contributed by atoms with E-state index >= 15 is 0 Å². The van der Waals surface area contributed by atoms with Gasteiger partial charge in [-0.25, -0.2) is 31.8 Å². The zero-order valence-corrected chi connectivity index (χ0v) is 22.8. The Hall–Kier alpha value is -4.49. The largest absolute Gasteiger partial charge is 0.731 e. The zero-order valence-electron chi connectivity index (χ0n) is 21.2. The molecule has 4 N–H and O–H groups in total. The van der Waals surface area contributed by atoms with Crippen LogP contribution < -0.4 is 15.6 Å². The summed E-state index contributed by atoms with van der Waals surface area (Å²) in [7, 11) is -3.41. The lowest BCUT2D eigenvalue weighted by Gasteiger charge is -2.47. The minimum absolute atomic E-state index is 0.0587. The molecule has 1 aliphatic heterocycles. The van der Waals surface area contributed by atoms with E-state index in [1.807, 2.05) is 11.6 Å². The number of rotatable bonds is 10. The maximum atomic E-state index is 13.2. The lowest BCUT2D eigenvalue weighted by atomic mass is 9.98. The number of carboxylic acids is 1. The number of pyridine rings is 1. The number of amides is 2. The summed E-state index contributed by atoms with van der Waals surface area (Å²) in [6.45, 7) is 2.06. The SMILES string of the molecule is C[n+]1ccc(-c2cn(C[C@@H]3[C@H](NC(=O)C(=NOC(C)(C)C(=O)O)c4csc(N)n4)C(=O)N3S(=O)(=O)[O-])nn2)cc1. The standard InChI is InChI=1S/C21H23N9O8S2/c1-21(2,19(33)34)38-26-15(13-10-39-20(22)23-13)17(31)24-16-14(30(18(16)32)40(35,36)37)9-29-8-12(25-27-29)11-4-6-28(3)7-5-11/h4-8,10,14,16H,9H2,1-3H3,(H4-,22,23,24,31,33,34,35,36,37)/t14-,16+/m1/s1. The van der Waals surface area contributed by atoms with Crippen LogP contribution in [0.25, 0.3) is 11.3 Å². The van der Waals surface area contributed by atoms with Crippen LogP contribution in [0.2, 0.25) is 0 Å². The average molecular weight is 594 g/mol. The van der Waals surface area contributed by atoms with Crippen molar-refractivity contribution < 1.29 is 41.9 Å². The topological polar surface area (TPSA) is 239 Å². The van der Waals surface area contributed by atoms with Crippen LogP contribution in [0.4, 0.5) is 5.13 Å². The number of hydrogen-bond donors (Lipinski definition) is 3. The summed E-state index contributed by atoms with van der Waals surface area (Å²) in [6.07, 6.45) is 5.05. The van der Waals surface area contributed by atoms with Gasteiger partial charge in [0.2, 0.25) is 5.60 Å². The van der Waals surface area contributed by atoms with Gasteiger partial charge in [0.1, 0.15) is 24.5 Å². The Morgan fingerprint density at radius 2 is 2.02 bits per heavy atom. The van der Waals surface area contributed by atoms with E-state index in [1.165, 1.54) is 30.1 Å². The molecule has 4 heterocycles. The minimum atomic E-state index is -5.24. The zero-order chi connectivity index (χ0) is 29.4. The highest BCUT2D eigenvalue weighted by atomic mass is 32.2. The van der Waals surface area contributed by atoms with Crippen molar-refractivity contribution in [2.45, 2.75) is 38.1 Å². The second-order valence-electron chi connectivity index (χ2n) is 9.11. The number of carboxylic acid groups (broad SMARTS) is 1. The van der Waals surface area contributed by atoms with Crippen LogP contribution in [-0.4, -0.2) is 83.5 Å². The van der Waals surface area contributed by atoms with Crippen LogP contribution >= 0.6 is 11.3 Å². The molecule has 40 heavy (non-hydrogen) atoms. The monoisotopic (exact) mass is 593 g/mol. The molecule has 0 saturated carbocycles. The first-order valence-corrected chi connectivity index (χ1v) is 13.6. The molecule has 0 unspecified atom stereocenters. The number of carbonyl (C=O) groups is 3. The molecule has 1 fully saturated rings. The number of oxime groups is 1. The summed E-state index contributed by atoms with van der Waals surface area (Å²) in [6, 6.07) is 0.699. The number of aliphatic carboxylic acids is 1. The second kappa shape index (κ2) is 10.6. The van der Waals surface area contributed by atoms with Gasteiger partial charge < -0.3 is 25.5 Å². The molecule has 3 aromatic heterocycles. The highest BCUT2D eigenvalue weighted by Gasteiger charge is 2.52. The maximum Gasteiger partial charge on any atom is 0.350 e. The van der Waals surface area contributed by atoms with E-state index in [1.54, 1.807) is 24.5 Å². The Morgan fingerprint density at radius 3 is 2.60 bits per heavy atom. The van der Waals surface area contributed by atoms with Crippen molar-refractivity contribution >= 4 is 50.3 Å². The fraction of sp³-hybridized carbons (Fsp3) is 0.333. The van der Waals surface area contributed by atoms with E-state index in [0.29, 0.717) is 11.3 Å². The Labute approximate surface area is 230 Å². The molecule has 19 heteroatoms. The highest BCUT2D eigenvalue weighted by molar-refractivity contribution is 7.84. The quantitative estimate of drug-likeness (QED) is 0.0779. The van der Waals surface area contributed by atoms with Crippen LogP contribution in [0, 0.1) is 0 Å². The van der Waals surface area contributed by atoms with Gasteiger partial charge >= 0.3 is 5.97 Å². The Bertz CT molecular complexity index is 1600. The normalized spacial score (nSPS) is 17.9. The van der Waals surface area contributed by atoms with Crippen molar-refractivity contribution in [3.8, 4) is 11.3 Å². The van der Waals surface area contributed by atoms with Crippen molar-refractivity contribution in [3.05, 3.63) is 41.8 Å². The predicted molar refractivity (Wildman–Crippen MR) is 135 cm³/mol. The third-order valence-corrected chi connectivity index (χ3v) is 7.35. The predicted octanol–water partition coefficient (Wildman–Crippen LogP) is -1.75. The van der Waals surface area contributed by atoms with Crippen molar-refractivity contribution in [2.75, 3.05) is 5.73 Å². The van der Waals surface area contributed by atoms with Crippen molar-refractivity contribution in [1.29, 1.82) is 0 Å². The first kappa shape index (κ1) is 28.5. The molecule has 4 rings (SSSR count). The molecule has 1 saturated heterocycles. The molecule has 0 aliphatic carbocycles. The fourth-order valence-corrected chi connectivity index (χ4v) is 4.93. The van der Waals surface area contributed by atoms with Gasteiger partial charge in [-0.05, 0) is 13.8 Å². The van der Waals surface area contributed by atoms with Gasteiger partial charge in [0.15, 0.2) is 33.5 Å². The number of anilines is 1. The van der Waals surface area contributed by atoms with Gasteiger partial charge in [-0.15, -0.1) is 16.4 Å². The molecule has 17 nitrogen and oxygen atoms in total. The van der Waals surface area contributed by atoms with Crippen LogP contribution in [0.3, 0.4) is 0 Å². The van der Waals surface area contributed by atoms with Crippen molar-refractivity contribution in [1.82, 2.24) is 29.6 Å². The summed E-state index contributed by atoms with van der Waals surface area (Å²) in [5, 5.41) is 24.6. The summed E-state index contributed by atoms with van der Waals surface area (Å²) in [5.74, 6) is -3.63. The summed E-state index contributed by atoms with van der Waals surface area (Å²) < 4.78 is 38.6. The van der Waals surface area contributed by atoms with Gasteiger partial charge in [-0.2, -0.15) is 0 Å². The Balaban J connectivity index is 1.59. The number of carbonyl (C=O) groups excluding carboxylic acids is 2. The summed E-state index contributed by atoms with van der Waals surface area (Å²) in [5.41, 5.74) is 4.33. The smallest absolute Gasteiger partial charge is 0.350 e. The molecule has 212 valence electrons. The Morgan fingerprint density at radius 1 is 1.35 bits per heavy atom. The van der Waals surface area contributed by atoms with Crippen LogP contribution in [0.1, 0.15) is 19.5 Å². The molecule has 1 aliphatic rings. The van der Waals surface area contributed by atoms with E-state index in [2.05, 4.69) is 25.8 Å². The summed E-state index contributed by atoms with van der Waals surface area (Å²) >= 11 is 0.955. The lowest BCUT2D eigenvalue weighted by molar-refractivity contribution is -0.671. The van der Waals surface area contributed by atoms with E-state index in [9.17, 15) is 32.5 Å². The number of aryl methyl sites for hydroxylation is 1. The van der Waals surface area contributed by atoms with Gasteiger partial charge in [0.25, 0.3) is 11.8 Å². The number of nitrogens with one attached hydrogen (secondary N) is 1. The Kier molecular flexibility index (Phi) is 7.55. The minimum Gasteiger partial charge on any atom is -0.731 e. The van der Waals surface area contributed by atoms with Crippen LogP contribution in [-0.2, 0) is 43.1 Å². The number of nitrogen functional groups attached to an aromatic ring is 1. The van der Waals surface area contributed by atoms with Crippen molar-refractivity contribution in [2.24, 2.45) is 12.2 Å². The van der Waals surface area contributed by atoms with Gasteiger partial charge in [0, 0.05) is 23.1 Å². The molecular formula is C21H23N9O8S2. The van der Waals surface area contributed by atoms with Crippen molar-refractivity contribution in [3.63, 3.8) is 0 Å². The number of aromatic nitrogens is 5. The number of nitrogens with zero attached hydrogens (tertiary/aromatic N) is 7. The van der Waals surface area contributed by atoms with Gasteiger partial charge in [0.05, 0.1) is 18.8 Å². The molecule has 0 radical (unpaired) electrons. The first-order valence-electron chi connectivity index (χ1n) is 11.3. The number of nitrogens with two attached hydrogens (primary N) is 1. The second-order valence-corrected chi connectivity index (χ2v) is 11.2. The number of β-lactam (4-membered cyclic amide) rings is 1. The van der Waals surface area contributed by atoms with Crippen LogP contribution in [0.5, 0.6) is 0 Å². The fourth-order valence-electron chi connectivity index (χ4n) is 3.52. The van der Waals surface area contributed by atoms with E-state index in [-0.39, 0.29) is 21.7 Å².